The molecule has 0 bridgehead atoms. The van der Waals surface area contributed by atoms with Crippen molar-refractivity contribution in [2.45, 2.75) is 25.4 Å². The standard InChI is InChI=1S/C10H18N4OS/c1-11-10-9(12-13-16-10)7-14(5-6-15-2)8-3-4-8/h8,11H,3-7H2,1-2H3. The van der Waals surface area contributed by atoms with Gasteiger partial charge in [0, 0.05) is 44.8 Å². The van der Waals surface area contributed by atoms with Gasteiger partial charge in [-0.25, -0.2) is 0 Å². The normalized spacial score (nSPS) is 15.7. The lowest BCUT2D eigenvalue weighted by Gasteiger charge is -2.20. The zero-order valence-electron chi connectivity index (χ0n) is 9.77. The summed E-state index contributed by atoms with van der Waals surface area (Å²) in [4.78, 5) is 2.43. The molecule has 0 radical (unpaired) electrons. The Morgan fingerprint density at radius 1 is 1.56 bits per heavy atom. The summed E-state index contributed by atoms with van der Waals surface area (Å²) in [5.41, 5.74) is 1.05. The van der Waals surface area contributed by atoms with Gasteiger partial charge in [0.25, 0.3) is 0 Å². The third-order valence-electron chi connectivity index (χ3n) is 2.78. The van der Waals surface area contributed by atoms with Gasteiger partial charge in [0.15, 0.2) is 0 Å². The minimum Gasteiger partial charge on any atom is -0.383 e. The number of rotatable bonds is 7. The van der Waals surface area contributed by atoms with Crippen LogP contribution in [0.1, 0.15) is 18.5 Å². The van der Waals surface area contributed by atoms with Crippen LogP contribution in [0.3, 0.4) is 0 Å². The van der Waals surface area contributed by atoms with Gasteiger partial charge in [0.2, 0.25) is 0 Å². The SMILES string of the molecule is CNc1snnc1CN(CCOC)C1CC1. The second-order valence-electron chi connectivity index (χ2n) is 3.99. The van der Waals surface area contributed by atoms with Crippen molar-refractivity contribution >= 4 is 16.5 Å². The van der Waals surface area contributed by atoms with E-state index in [0.29, 0.717) is 0 Å². The first kappa shape index (κ1) is 11.8. The third-order valence-corrected chi connectivity index (χ3v) is 3.57. The summed E-state index contributed by atoms with van der Waals surface area (Å²) in [6.45, 7) is 2.63. The molecule has 0 amide bonds. The van der Waals surface area contributed by atoms with Crippen LogP contribution in [0.5, 0.6) is 0 Å². The van der Waals surface area contributed by atoms with Crippen molar-refractivity contribution in [3.63, 3.8) is 0 Å². The van der Waals surface area contributed by atoms with E-state index in [-0.39, 0.29) is 0 Å². The van der Waals surface area contributed by atoms with Crippen molar-refractivity contribution in [2.75, 3.05) is 32.6 Å². The van der Waals surface area contributed by atoms with Crippen molar-refractivity contribution in [1.29, 1.82) is 0 Å². The number of aromatic nitrogens is 2. The first-order valence-electron chi connectivity index (χ1n) is 5.57. The molecule has 0 spiro atoms. The van der Waals surface area contributed by atoms with Crippen LogP contribution in [0.15, 0.2) is 0 Å². The van der Waals surface area contributed by atoms with E-state index in [2.05, 4.69) is 19.8 Å². The molecular formula is C10H18N4OS. The molecule has 2 rings (SSSR count). The molecule has 0 aliphatic heterocycles. The van der Waals surface area contributed by atoms with Gasteiger partial charge in [-0.3, -0.25) is 4.90 Å². The fraction of sp³-hybridized carbons (Fsp3) is 0.800. The molecule has 1 heterocycles. The van der Waals surface area contributed by atoms with Crippen LogP contribution < -0.4 is 5.32 Å². The second-order valence-corrected chi connectivity index (χ2v) is 4.75. The Bertz CT molecular complexity index is 326. The minimum atomic E-state index is 0.724. The van der Waals surface area contributed by atoms with E-state index in [1.54, 1.807) is 7.11 Å². The van der Waals surface area contributed by atoms with Crippen LogP contribution in [0.4, 0.5) is 5.00 Å². The summed E-state index contributed by atoms with van der Waals surface area (Å²) < 4.78 is 9.11. The minimum absolute atomic E-state index is 0.724. The average Bonchev–Trinajstić information content (AvgIpc) is 3.05. The van der Waals surface area contributed by atoms with Crippen LogP contribution in [-0.2, 0) is 11.3 Å². The van der Waals surface area contributed by atoms with Crippen LogP contribution in [0.25, 0.3) is 0 Å². The quantitative estimate of drug-likeness (QED) is 0.778. The highest BCUT2D eigenvalue weighted by Gasteiger charge is 2.29. The Morgan fingerprint density at radius 2 is 2.38 bits per heavy atom. The predicted octanol–water partition coefficient (Wildman–Crippen LogP) is 1.19. The van der Waals surface area contributed by atoms with Gasteiger partial charge in [0.1, 0.15) is 10.7 Å². The molecule has 5 nitrogen and oxygen atoms in total. The van der Waals surface area contributed by atoms with E-state index in [9.17, 15) is 0 Å². The van der Waals surface area contributed by atoms with E-state index in [1.165, 1.54) is 24.4 Å². The van der Waals surface area contributed by atoms with E-state index < -0.39 is 0 Å². The number of nitrogens with zero attached hydrogens (tertiary/aromatic N) is 3. The molecule has 1 aromatic heterocycles. The van der Waals surface area contributed by atoms with Crippen LogP contribution in [0, 0.1) is 0 Å². The molecule has 0 saturated heterocycles. The zero-order valence-corrected chi connectivity index (χ0v) is 10.6. The lowest BCUT2D eigenvalue weighted by atomic mass is 10.3. The van der Waals surface area contributed by atoms with E-state index in [1.807, 2.05) is 7.05 Å². The van der Waals surface area contributed by atoms with Crippen molar-refractivity contribution in [2.24, 2.45) is 0 Å². The molecule has 1 aliphatic carbocycles. The molecule has 1 aliphatic rings. The van der Waals surface area contributed by atoms with Crippen LogP contribution in [0.2, 0.25) is 0 Å². The van der Waals surface area contributed by atoms with Gasteiger partial charge in [-0.15, -0.1) is 5.10 Å². The maximum atomic E-state index is 5.14. The van der Waals surface area contributed by atoms with E-state index in [4.69, 9.17) is 4.74 Å². The Balaban J connectivity index is 1.94. The highest BCUT2D eigenvalue weighted by Crippen LogP contribution is 2.29. The maximum Gasteiger partial charge on any atom is 0.134 e. The average molecular weight is 242 g/mol. The van der Waals surface area contributed by atoms with Gasteiger partial charge in [-0.05, 0) is 12.8 Å². The summed E-state index contributed by atoms with van der Waals surface area (Å²) in [6, 6.07) is 0.724. The topological polar surface area (TPSA) is 50.3 Å². The van der Waals surface area contributed by atoms with Gasteiger partial charge in [-0.2, -0.15) is 0 Å². The largest absolute Gasteiger partial charge is 0.383 e. The number of hydrogen-bond donors (Lipinski definition) is 1. The lowest BCUT2D eigenvalue weighted by Crippen LogP contribution is -2.29. The maximum absolute atomic E-state index is 5.14. The number of hydrogen-bond acceptors (Lipinski definition) is 6. The highest BCUT2D eigenvalue weighted by molar-refractivity contribution is 7.10. The van der Waals surface area contributed by atoms with Gasteiger partial charge in [-0.1, -0.05) is 4.49 Å². The summed E-state index contributed by atoms with van der Waals surface area (Å²) in [5.74, 6) is 0. The predicted molar refractivity (Wildman–Crippen MR) is 64.8 cm³/mol. The molecule has 1 fully saturated rings. The van der Waals surface area contributed by atoms with Gasteiger partial charge < -0.3 is 10.1 Å². The van der Waals surface area contributed by atoms with Crippen LogP contribution >= 0.6 is 11.5 Å². The Morgan fingerprint density at radius 3 is 3.00 bits per heavy atom. The summed E-state index contributed by atoms with van der Waals surface area (Å²) in [6.07, 6.45) is 2.60. The van der Waals surface area contributed by atoms with Crippen molar-refractivity contribution < 1.29 is 4.74 Å². The molecule has 0 atom stereocenters. The fourth-order valence-corrected chi connectivity index (χ4v) is 2.26. The number of anilines is 1. The molecule has 1 saturated carbocycles. The Labute approximate surface area is 100.0 Å². The smallest absolute Gasteiger partial charge is 0.134 e. The first-order valence-corrected chi connectivity index (χ1v) is 6.34. The monoisotopic (exact) mass is 242 g/mol. The van der Waals surface area contributed by atoms with Crippen LogP contribution in [-0.4, -0.2) is 47.8 Å². The molecule has 6 heteroatoms. The fourth-order valence-electron chi connectivity index (χ4n) is 1.73. The molecule has 0 aromatic carbocycles. The molecule has 1 aromatic rings. The Hall–Kier alpha value is -0.720. The van der Waals surface area contributed by atoms with Crippen molar-refractivity contribution in [1.82, 2.24) is 14.5 Å². The summed E-state index contributed by atoms with van der Waals surface area (Å²) in [5, 5.41) is 8.37. The first-order chi connectivity index (χ1) is 7.85. The number of methoxy groups -OCH3 is 1. The number of ether oxygens (including phenoxy) is 1. The lowest BCUT2D eigenvalue weighted by molar-refractivity contribution is 0.139. The molecule has 1 N–H and O–H groups in total. The number of nitrogens with one attached hydrogen (secondary N) is 1. The zero-order chi connectivity index (χ0) is 11.4. The summed E-state index contributed by atoms with van der Waals surface area (Å²) >= 11 is 1.42. The molecule has 16 heavy (non-hydrogen) atoms. The highest BCUT2D eigenvalue weighted by atomic mass is 32.1. The third kappa shape index (κ3) is 2.90. The molecular weight excluding hydrogens is 224 g/mol. The van der Waals surface area contributed by atoms with E-state index in [0.717, 1.165) is 36.4 Å². The van der Waals surface area contributed by atoms with Crippen molar-refractivity contribution in [3.8, 4) is 0 Å². The molecule has 0 unspecified atom stereocenters. The Kier molecular flexibility index (Phi) is 4.09. The van der Waals surface area contributed by atoms with Gasteiger partial charge >= 0.3 is 0 Å². The second kappa shape index (κ2) is 5.56. The molecule has 90 valence electrons. The van der Waals surface area contributed by atoms with E-state index >= 15 is 0 Å². The summed E-state index contributed by atoms with van der Waals surface area (Å²) in [7, 11) is 3.66. The van der Waals surface area contributed by atoms with Crippen molar-refractivity contribution in [3.05, 3.63) is 5.69 Å². The van der Waals surface area contributed by atoms with Gasteiger partial charge in [0.05, 0.1) is 6.61 Å².